The fraction of sp³-hybridized carbons (Fsp3) is 0. The second kappa shape index (κ2) is 8.05. The van der Waals surface area contributed by atoms with Gasteiger partial charge in [-0.25, -0.2) is 4.99 Å². The number of amides is 1. The molecule has 2 heterocycles. The molecule has 2 aromatic carbocycles. The minimum atomic E-state index is -0.255. The summed E-state index contributed by atoms with van der Waals surface area (Å²) in [6.07, 6.45) is 1.65. The normalized spacial score (nSPS) is 16.8. The Morgan fingerprint density at radius 3 is 2.64 bits per heavy atom. The van der Waals surface area contributed by atoms with E-state index in [4.69, 9.17) is 39.2 Å². The zero-order valence-electron chi connectivity index (χ0n) is 14.1. The molecule has 140 valence electrons. The summed E-state index contributed by atoms with van der Waals surface area (Å²) in [6, 6.07) is 15.8. The Kier molecular flexibility index (Phi) is 5.51. The third-order valence-corrected chi connectivity index (χ3v) is 5.61. The van der Waals surface area contributed by atoms with Gasteiger partial charge >= 0.3 is 0 Å². The lowest BCUT2D eigenvalue weighted by Gasteiger charge is -2.01. The molecule has 0 aliphatic carbocycles. The molecule has 3 aromatic rings. The van der Waals surface area contributed by atoms with Crippen LogP contribution in [0.1, 0.15) is 5.76 Å². The molecule has 1 amide bonds. The molecule has 0 atom stereocenters. The number of nitrogens with zero attached hydrogens (tertiary/aromatic N) is 1. The fourth-order valence-electron chi connectivity index (χ4n) is 2.52. The molecule has 1 aromatic heterocycles. The summed E-state index contributed by atoms with van der Waals surface area (Å²) in [5, 5.41) is 4.77. The molecule has 1 N–H and O–H groups in total. The van der Waals surface area contributed by atoms with Gasteiger partial charge in [0.25, 0.3) is 5.91 Å². The van der Waals surface area contributed by atoms with Crippen molar-refractivity contribution < 1.29 is 9.21 Å². The number of carbonyl (C=O) groups excluding carboxylic acids is 1. The first-order chi connectivity index (χ1) is 13.5. The summed E-state index contributed by atoms with van der Waals surface area (Å²) in [5.41, 5.74) is 1.27. The second-order valence-corrected chi connectivity index (χ2v) is 8.04. The molecule has 1 fully saturated rings. The number of carbonyl (C=O) groups is 1. The standard InChI is InChI=1S/C20H11Cl3N2O2S/c21-11-5-7-14(22)13(9-11)17-8-6-12(27-17)10-18-19(26)25-20(28-18)24-16-4-2-1-3-15(16)23/h1-10H,(H,24,25,26)/b18-10+. The number of halogens is 3. The molecule has 1 aliphatic heterocycles. The Balaban J connectivity index is 1.58. The van der Waals surface area contributed by atoms with E-state index >= 15 is 0 Å². The van der Waals surface area contributed by atoms with Crippen molar-refractivity contribution in [3.05, 3.63) is 80.3 Å². The van der Waals surface area contributed by atoms with Crippen molar-refractivity contribution in [2.75, 3.05) is 0 Å². The van der Waals surface area contributed by atoms with E-state index in [0.717, 1.165) is 0 Å². The van der Waals surface area contributed by atoms with E-state index in [1.165, 1.54) is 11.8 Å². The van der Waals surface area contributed by atoms with Crippen LogP contribution >= 0.6 is 46.6 Å². The van der Waals surface area contributed by atoms with Gasteiger partial charge in [-0.1, -0.05) is 46.9 Å². The smallest absolute Gasteiger partial charge is 0.264 e. The molecule has 28 heavy (non-hydrogen) atoms. The summed E-state index contributed by atoms with van der Waals surface area (Å²) >= 11 is 19.6. The molecule has 0 unspecified atom stereocenters. The topological polar surface area (TPSA) is 54.6 Å². The average Bonchev–Trinajstić information content (AvgIpc) is 3.26. The molecule has 0 bridgehead atoms. The summed E-state index contributed by atoms with van der Waals surface area (Å²) in [4.78, 5) is 17.1. The highest BCUT2D eigenvalue weighted by atomic mass is 35.5. The number of furan rings is 1. The monoisotopic (exact) mass is 448 g/mol. The number of thioether (sulfide) groups is 1. The van der Waals surface area contributed by atoms with Gasteiger partial charge in [0, 0.05) is 16.7 Å². The zero-order chi connectivity index (χ0) is 19.7. The largest absolute Gasteiger partial charge is 0.457 e. The number of rotatable bonds is 3. The van der Waals surface area contributed by atoms with Crippen molar-refractivity contribution in [3.63, 3.8) is 0 Å². The minimum Gasteiger partial charge on any atom is -0.457 e. The number of nitrogens with one attached hydrogen (secondary N) is 1. The van der Waals surface area contributed by atoms with Crippen molar-refractivity contribution >= 4 is 69.4 Å². The van der Waals surface area contributed by atoms with Gasteiger partial charge in [-0.3, -0.25) is 4.79 Å². The first-order valence-corrected chi connectivity index (χ1v) is 10.0. The summed E-state index contributed by atoms with van der Waals surface area (Å²) in [5.74, 6) is 0.824. The van der Waals surface area contributed by atoms with Crippen molar-refractivity contribution in [1.82, 2.24) is 5.32 Å². The summed E-state index contributed by atoms with van der Waals surface area (Å²) in [7, 11) is 0. The van der Waals surface area contributed by atoms with E-state index in [1.807, 2.05) is 12.1 Å². The van der Waals surface area contributed by atoms with Crippen LogP contribution in [0, 0.1) is 0 Å². The maximum absolute atomic E-state index is 12.2. The summed E-state index contributed by atoms with van der Waals surface area (Å²) in [6.45, 7) is 0. The molecule has 0 saturated carbocycles. The van der Waals surface area contributed by atoms with Crippen molar-refractivity contribution in [1.29, 1.82) is 0 Å². The van der Waals surface area contributed by atoms with Crippen LogP contribution < -0.4 is 5.32 Å². The maximum Gasteiger partial charge on any atom is 0.264 e. The third kappa shape index (κ3) is 4.13. The predicted octanol–water partition coefficient (Wildman–Crippen LogP) is 6.80. The SMILES string of the molecule is O=C1NC(=Nc2ccccc2Cl)S/C1=C/c1ccc(-c2cc(Cl)ccc2Cl)o1. The van der Waals surface area contributed by atoms with Crippen LogP contribution in [-0.4, -0.2) is 11.1 Å². The van der Waals surface area contributed by atoms with Crippen molar-refractivity contribution in [2.45, 2.75) is 0 Å². The van der Waals surface area contributed by atoms with Gasteiger partial charge in [0.05, 0.1) is 20.6 Å². The number of hydrogen-bond acceptors (Lipinski definition) is 4. The molecular weight excluding hydrogens is 439 g/mol. The molecule has 0 spiro atoms. The van der Waals surface area contributed by atoms with Crippen LogP contribution in [-0.2, 0) is 4.79 Å². The van der Waals surface area contributed by atoms with Crippen LogP contribution in [0.15, 0.2) is 68.9 Å². The van der Waals surface area contributed by atoms with E-state index in [0.29, 0.717) is 47.9 Å². The number of aliphatic imine (C=N–C) groups is 1. The quantitative estimate of drug-likeness (QED) is 0.447. The van der Waals surface area contributed by atoms with Crippen LogP contribution in [0.3, 0.4) is 0 Å². The molecule has 1 aliphatic rings. The summed E-state index contributed by atoms with van der Waals surface area (Å²) < 4.78 is 5.81. The van der Waals surface area contributed by atoms with E-state index < -0.39 is 0 Å². The Morgan fingerprint density at radius 1 is 1.00 bits per heavy atom. The number of hydrogen-bond donors (Lipinski definition) is 1. The third-order valence-electron chi connectivity index (χ3n) is 3.82. The van der Waals surface area contributed by atoms with E-state index in [2.05, 4.69) is 10.3 Å². The van der Waals surface area contributed by atoms with Gasteiger partial charge in [-0.2, -0.15) is 0 Å². The Hall–Kier alpha value is -2.18. The Morgan fingerprint density at radius 2 is 1.82 bits per heavy atom. The average molecular weight is 450 g/mol. The van der Waals surface area contributed by atoms with Crippen molar-refractivity contribution in [2.24, 2.45) is 4.99 Å². The van der Waals surface area contributed by atoms with E-state index in [1.54, 1.807) is 48.5 Å². The molecule has 4 nitrogen and oxygen atoms in total. The predicted molar refractivity (Wildman–Crippen MR) is 116 cm³/mol. The lowest BCUT2D eigenvalue weighted by molar-refractivity contribution is -0.115. The van der Waals surface area contributed by atoms with Gasteiger partial charge in [0.15, 0.2) is 5.17 Å². The zero-order valence-corrected chi connectivity index (χ0v) is 17.2. The molecule has 4 rings (SSSR count). The second-order valence-electron chi connectivity index (χ2n) is 5.76. The van der Waals surface area contributed by atoms with E-state index in [-0.39, 0.29) is 5.91 Å². The first kappa shape index (κ1) is 19.2. The Bertz CT molecular complexity index is 1140. The van der Waals surface area contributed by atoms with Gasteiger partial charge in [0.2, 0.25) is 0 Å². The molecule has 1 saturated heterocycles. The molecular formula is C20H11Cl3N2O2S. The highest BCUT2D eigenvalue weighted by molar-refractivity contribution is 8.18. The van der Waals surface area contributed by atoms with Crippen LogP contribution in [0.4, 0.5) is 5.69 Å². The lowest BCUT2D eigenvalue weighted by atomic mass is 10.2. The lowest BCUT2D eigenvalue weighted by Crippen LogP contribution is -2.19. The van der Waals surface area contributed by atoms with Gasteiger partial charge in [-0.15, -0.1) is 0 Å². The van der Waals surface area contributed by atoms with Crippen LogP contribution in [0.2, 0.25) is 15.1 Å². The molecule has 8 heteroatoms. The van der Waals surface area contributed by atoms with Gasteiger partial charge in [0.1, 0.15) is 11.5 Å². The van der Waals surface area contributed by atoms with Gasteiger partial charge in [-0.05, 0) is 54.2 Å². The highest BCUT2D eigenvalue weighted by Crippen LogP contribution is 2.34. The maximum atomic E-state index is 12.2. The van der Waals surface area contributed by atoms with Crippen molar-refractivity contribution in [3.8, 4) is 11.3 Å². The highest BCUT2D eigenvalue weighted by Gasteiger charge is 2.24. The van der Waals surface area contributed by atoms with E-state index in [9.17, 15) is 4.79 Å². The van der Waals surface area contributed by atoms with Gasteiger partial charge < -0.3 is 9.73 Å². The number of para-hydroxylation sites is 1. The minimum absolute atomic E-state index is 0.255. The number of amidine groups is 1. The first-order valence-electron chi connectivity index (χ1n) is 8.09. The Labute approximate surface area is 180 Å². The van der Waals surface area contributed by atoms with Crippen LogP contribution in [0.25, 0.3) is 17.4 Å². The van der Waals surface area contributed by atoms with Crippen LogP contribution in [0.5, 0.6) is 0 Å². The fourth-order valence-corrected chi connectivity index (χ4v) is 3.90. The molecule has 0 radical (unpaired) electrons. The number of benzene rings is 2.